The first-order valence-corrected chi connectivity index (χ1v) is 13.3. The molecule has 0 fully saturated rings. The number of rotatable bonds is 15. The summed E-state index contributed by atoms with van der Waals surface area (Å²) < 4.78 is 11.5. The van der Waals surface area contributed by atoms with Crippen LogP contribution in [0, 0.1) is 13.8 Å². The van der Waals surface area contributed by atoms with Crippen LogP contribution >= 0.6 is 21.6 Å². The second-order valence-corrected chi connectivity index (χ2v) is 9.94. The Kier molecular flexibility index (Phi) is 11.3. The maximum Gasteiger partial charge on any atom is 0.115 e. The Balaban J connectivity index is 1.88. The van der Waals surface area contributed by atoms with Gasteiger partial charge in [-0.1, -0.05) is 65.2 Å². The molecular formula is C24H38O2S2. The van der Waals surface area contributed by atoms with Crippen LogP contribution in [0.15, 0.2) is 31.2 Å². The zero-order valence-corrected chi connectivity index (χ0v) is 19.9. The quantitative estimate of drug-likeness (QED) is 0.211. The van der Waals surface area contributed by atoms with Crippen LogP contribution in [-0.2, 0) is 12.8 Å². The van der Waals surface area contributed by atoms with Crippen molar-refractivity contribution in [3.05, 3.63) is 35.2 Å². The van der Waals surface area contributed by atoms with Gasteiger partial charge < -0.3 is 8.83 Å². The average Bonchev–Trinajstić information content (AvgIpc) is 3.22. The van der Waals surface area contributed by atoms with Gasteiger partial charge in [-0.3, -0.25) is 0 Å². The van der Waals surface area contributed by atoms with Crippen molar-refractivity contribution >= 4 is 21.6 Å². The number of aryl methyl sites for hydroxylation is 4. The molecule has 28 heavy (non-hydrogen) atoms. The molecule has 0 spiro atoms. The third-order valence-electron chi connectivity index (χ3n) is 5.29. The van der Waals surface area contributed by atoms with Crippen LogP contribution in [0.3, 0.4) is 0 Å². The highest BCUT2D eigenvalue weighted by atomic mass is 33.1. The van der Waals surface area contributed by atoms with E-state index in [1.807, 2.05) is 34.1 Å². The first kappa shape index (κ1) is 23.5. The number of hydrogen-bond acceptors (Lipinski definition) is 4. The van der Waals surface area contributed by atoms with Gasteiger partial charge in [0.2, 0.25) is 0 Å². The SMILES string of the molecule is CCCCCCCc1coc(C)c1SSc1c(CCCCCCC)coc1C. The van der Waals surface area contributed by atoms with E-state index in [0.29, 0.717) is 0 Å². The lowest BCUT2D eigenvalue weighted by Crippen LogP contribution is -1.88. The van der Waals surface area contributed by atoms with Crippen molar-refractivity contribution in [2.45, 2.75) is 115 Å². The summed E-state index contributed by atoms with van der Waals surface area (Å²) in [6.07, 6.45) is 19.3. The van der Waals surface area contributed by atoms with Crippen LogP contribution in [0.25, 0.3) is 0 Å². The smallest absolute Gasteiger partial charge is 0.115 e. The summed E-state index contributed by atoms with van der Waals surface area (Å²) in [6, 6.07) is 0. The third-order valence-corrected chi connectivity index (χ3v) is 8.05. The van der Waals surface area contributed by atoms with E-state index in [9.17, 15) is 0 Å². The Hall–Kier alpha value is -0.740. The van der Waals surface area contributed by atoms with E-state index >= 15 is 0 Å². The van der Waals surface area contributed by atoms with Crippen LogP contribution in [0.5, 0.6) is 0 Å². The first-order valence-electron chi connectivity index (χ1n) is 11.2. The molecular weight excluding hydrogens is 384 g/mol. The minimum Gasteiger partial charge on any atom is -0.468 e. The van der Waals surface area contributed by atoms with Gasteiger partial charge in [-0.2, -0.15) is 0 Å². The standard InChI is InChI=1S/C24H38O2S2/c1-5-7-9-11-13-15-21-17-25-19(3)23(21)27-28-24-20(4)26-18-22(24)16-14-12-10-8-6-2/h17-18H,5-16H2,1-4H3. The lowest BCUT2D eigenvalue weighted by Gasteiger charge is -2.06. The van der Waals surface area contributed by atoms with Crippen molar-refractivity contribution in [2.24, 2.45) is 0 Å². The molecule has 0 aliphatic heterocycles. The molecule has 0 unspecified atom stereocenters. The molecule has 0 radical (unpaired) electrons. The van der Waals surface area contributed by atoms with Gasteiger partial charge in [-0.05, 0) is 61.1 Å². The molecule has 0 aliphatic rings. The van der Waals surface area contributed by atoms with E-state index in [4.69, 9.17) is 8.83 Å². The monoisotopic (exact) mass is 422 g/mol. The summed E-state index contributed by atoms with van der Waals surface area (Å²) in [7, 11) is 3.69. The second-order valence-electron chi connectivity index (χ2n) is 7.79. The fraction of sp³-hybridized carbons (Fsp3) is 0.667. The largest absolute Gasteiger partial charge is 0.468 e. The van der Waals surface area contributed by atoms with Crippen LogP contribution in [0.2, 0.25) is 0 Å². The fourth-order valence-corrected chi connectivity index (χ4v) is 6.33. The molecule has 2 aromatic rings. The van der Waals surface area contributed by atoms with Crippen molar-refractivity contribution in [2.75, 3.05) is 0 Å². The minimum atomic E-state index is 1.04. The molecule has 0 aromatic carbocycles. The van der Waals surface area contributed by atoms with Crippen LogP contribution < -0.4 is 0 Å². The molecule has 0 amide bonds. The predicted molar refractivity (Wildman–Crippen MR) is 124 cm³/mol. The second kappa shape index (κ2) is 13.5. The summed E-state index contributed by atoms with van der Waals surface area (Å²) in [5, 5.41) is 0. The third kappa shape index (κ3) is 7.59. The van der Waals surface area contributed by atoms with Gasteiger partial charge in [0.15, 0.2) is 0 Å². The Morgan fingerprint density at radius 1 is 0.607 bits per heavy atom. The van der Waals surface area contributed by atoms with Crippen molar-refractivity contribution < 1.29 is 8.83 Å². The Morgan fingerprint density at radius 3 is 1.39 bits per heavy atom. The Morgan fingerprint density at radius 2 is 1.00 bits per heavy atom. The topological polar surface area (TPSA) is 26.3 Å². The van der Waals surface area contributed by atoms with Gasteiger partial charge in [0.1, 0.15) is 11.5 Å². The van der Waals surface area contributed by atoms with Crippen molar-refractivity contribution in [3.63, 3.8) is 0 Å². The fourth-order valence-electron chi connectivity index (χ4n) is 3.48. The molecule has 0 saturated carbocycles. The number of furan rings is 2. The lowest BCUT2D eigenvalue weighted by atomic mass is 10.1. The van der Waals surface area contributed by atoms with Gasteiger partial charge in [0, 0.05) is 11.1 Å². The molecule has 0 atom stereocenters. The summed E-state index contributed by atoms with van der Waals surface area (Å²) in [5.74, 6) is 2.09. The molecule has 0 bridgehead atoms. The van der Waals surface area contributed by atoms with Gasteiger partial charge in [-0.15, -0.1) is 0 Å². The maximum absolute atomic E-state index is 5.75. The van der Waals surface area contributed by atoms with E-state index in [-0.39, 0.29) is 0 Å². The minimum absolute atomic E-state index is 1.04. The van der Waals surface area contributed by atoms with E-state index in [2.05, 4.69) is 27.7 Å². The van der Waals surface area contributed by atoms with Gasteiger partial charge >= 0.3 is 0 Å². The zero-order valence-electron chi connectivity index (χ0n) is 18.3. The molecule has 2 rings (SSSR count). The van der Waals surface area contributed by atoms with Gasteiger partial charge in [0.25, 0.3) is 0 Å². The van der Waals surface area contributed by atoms with Gasteiger partial charge in [0.05, 0.1) is 22.3 Å². The summed E-state index contributed by atoms with van der Waals surface area (Å²) in [6.45, 7) is 8.70. The highest BCUT2D eigenvalue weighted by Crippen LogP contribution is 2.45. The molecule has 0 aliphatic carbocycles. The normalized spacial score (nSPS) is 11.4. The van der Waals surface area contributed by atoms with E-state index < -0.39 is 0 Å². The summed E-state index contributed by atoms with van der Waals surface area (Å²) >= 11 is 0. The van der Waals surface area contributed by atoms with Crippen molar-refractivity contribution in [1.82, 2.24) is 0 Å². The van der Waals surface area contributed by atoms with Crippen molar-refractivity contribution in [3.8, 4) is 0 Å². The Bertz CT molecular complexity index is 614. The summed E-state index contributed by atoms with van der Waals surface area (Å²) in [4.78, 5) is 2.63. The van der Waals surface area contributed by atoms with E-state index in [0.717, 1.165) is 24.4 Å². The van der Waals surface area contributed by atoms with E-state index in [1.54, 1.807) is 0 Å². The number of hydrogen-bond donors (Lipinski definition) is 0. The van der Waals surface area contributed by atoms with E-state index in [1.165, 1.54) is 85.1 Å². The lowest BCUT2D eigenvalue weighted by molar-refractivity contribution is 0.524. The van der Waals surface area contributed by atoms with Crippen molar-refractivity contribution in [1.29, 1.82) is 0 Å². The predicted octanol–water partition coefficient (Wildman–Crippen LogP) is 9.31. The van der Waals surface area contributed by atoms with Crippen LogP contribution in [0.1, 0.15) is 101 Å². The summed E-state index contributed by atoms with van der Waals surface area (Å²) in [5.41, 5.74) is 2.74. The molecule has 4 heteroatoms. The molecule has 0 N–H and O–H groups in total. The zero-order chi connectivity index (χ0) is 20.2. The molecule has 0 saturated heterocycles. The average molecular weight is 423 g/mol. The maximum atomic E-state index is 5.75. The number of unbranched alkanes of at least 4 members (excludes halogenated alkanes) is 8. The molecule has 158 valence electrons. The molecule has 2 heterocycles. The highest BCUT2D eigenvalue weighted by Gasteiger charge is 2.16. The molecule has 2 aromatic heterocycles. The molecule has 2 nitrogen and oxygen atoms in total. The highest BCUT2D eigenvalue weighted by molar-refractivity contribution is 8.76. The Labute approximate surface area is 180 Å². The van der Waals surface area contributed by atoms with Gasteiger partial charge in [-0.25, -0.2) is 0 Å². The van der Waals surface area contributed by atoms with Crippen LogP contribution in [-0.4, -0.2) is 0 Å². The van der Waals surface area contributed by atoms with Crippen LogP contribution in [0.4, 0.5) is 0 Å². The first-order chi connectivity index (χ1) is 13.7.